The highest BCUT2D eigenvalue weighted by atomic mass is 19.2. The van der Waals surface area contributed by atoms with Gasteiger partial charge in [0.05, 0.1) is 18.6 Å². The Hall–Kier alpha value is -4.00. The lowest BCUT2D eigenvalue weighted by Crippen LogP contribution is -2.56. The molecule has 8 rings (SSSR count). The summed E-state index contributed by atoms with van der Waals surface area (Å²) in [4.78, 5) is 32.8. The second kappa shape index (κ2) is 12.7. The lowest BCUT2D eigenvalue weighted by molar-refractivity contribution is -0.137. The number of nitrogens with one attached hydrogen (secondary N) is 3. The normalized spacial score (nSPS) is 28.4. The minimum Gasteiger partial charge on any atom is -0.384 e. The molecule has 1 fully saturated rings. The van der Waals surface area contributed by atoms with E-state index in [2.05, 4.69) is 20.9 Å². The molecule has 6 heterocycles. The van der Waals surface area contributed by atoms with Crippen LogP contribution in [0.25, 0.3) is 6.08 Å². The van der Waals surface area contributed by atoms with Gasteiger partial charge in [0, 0.05) is 61.1 Å². The average Bonchev–Trinajstić information content (AvgIpc) is 3.44. The molecule has 8 bridgehead atoms. The van der Waals surface area contributed by atoms with E-state index in [-0.39, 0.29) is 48.7 Å². The van der Waals surface area contributed by atoms with Gasteiger partial charge < -0.3 is 25.4 Å². The number of aliphatic hydroxyl groups is 1. The number of anilines is 1. The van der Waals surface area contributed by atoms with Crippen molar-refractivity contribution in [2.45, 2.75) is 56.2 Å². The van der Waals surface area contributed by atoms with Crippen molar-refractivity contribution in [3.05, 3.63) is 87.5 Å². The molecule has 5 atom stereocenters. The highest BCUT2D eigenvalue weighted by Gasteiger charge is 2.46. The molecule has 1 saturated heterocycles. The van der Waals surface area contributed by atoms with Gasteiger partial charge in [-0.2, -0.15) is 0 Å². The summed E-state index contributed by atoms with van der Waals surface area (Å²) in [7, 11) is 0. The maximum absolute atomic E-state index is 14.9. The van der Waals surface area contributed by atoms with Crippen LogP contribution in [0.3, 0.4) is 0 Å². The van der Waals surface area contributed by atoms with E-state index in [4.69, 9.17) is 4.74 Å². The van der Waals surface area contributed by atoms with Gasteiger partial charge in [0.1, 0.15) is 17.9 Å². The Balaban J connectivity index is 1.21. The molecule has 2 amide bonds. The molecular weight excluding hydrogens is 599 g/mol. The van der Waals surface area contributed by atoms with Crippen molar-refractivity contribution in [1.82, 2.24) is 20.5 Å². The number of nitrogens with zero attached hydrogens (tertiary/aromatic N) is 2. The number of carbonyl (C=O) groups is 2. The third kappa shape index (κ3) is 5.73. The van der Waals surface area contributed by atoms with Gasteiger partial charge in [0.15, 0.2) is 11.6 Å². The zero-order chi connectivity index (χ0) is 31.9. The number of dihydropyridines is 1. The van der Waals surface area contributed by atoms with Gasteiger partial charge in [-0.15, -0.1) is 0 Å². The van der Waals surface area contributed by atoms with E-state index < -0.39 is 35.6 Å². The van der Waals surface area contributed by atoms with E-state index in [9.17, 15) is 27.9 Å². The largest absolute Gasteiger partial charge is 0.384 e. The molecule has 9 nitrogen and oxygen atoms in total. The summed E-state index contributed by atoms with van der Waals surface area (Å²) in [5, 5.41) is 20.7. The Morgan fingerprint density at radius 3 is 2.80 bits per heavy atom. The number of benzene rings is 1. The highest BCUT2D eigenvalue weighted by molar-refractivity contribution is 5.97. The summed E-state index contributed by atoms with van der Waals surface area (Å²) in [5.41, 5.74) is 3.79. The smallest absolute Gasteiger partial charge is 0.239 e. The van der Waals surface area contributed by atoms with E-state index in [0.29, 0.717) is 44.0 Å². The first-order chi connectivity index (χ1) is 22.3. The third-order valence-electron chi connectivity index (χ3n) is 9.70. The molecule has 1 aromatic carbocycles. The van der Waals surface area contributed by atoms with Crippen molar-refractivity contribution in [2.75, 3.05) is 38.2 Å². The van der Waals surface area contributed by atoms with Crippen LogP contribution in [-0.2, 0) is 14.3 Å². The summed E-state index contributed by atoms with van der Waals surface area (Å²) in [6, 6.07) is 2.73. The number of fused-ring (bicyclic) bond motifs is 9. The second-order valence-electron chi connectivity index (χ2n) is 12.6. The fourth-order valence-corrected chi connectivity index (χ4v) is 7.45. The highest BCUT2D eigenvalue weighted by Crippen LogP contribution is 2.49. The van der Waals surface area contributed by atoms with E-state index in [0.717, 1.165) is 47.4 Å². The molecular formula is C34H36F3N5O4. The van der Waals surface area contributed by atoms with Gasteiger partial charge in [-0.3, -0.25) is 14.9 Å². The molecule has 46 heavy (non-hydrogen) atoms. The van der Waals surface area contributed by atoms with Crippen LogP contribution in [0.15, 0.2) is 53.4 Å². The lowest BCUT2D eigenvalue weighted by Gasteiger charge is -2.39. The number of aliphatic hydroxyl groups excluding tert-OH is 1. The first-order valence-electron chi connectivity index (χ1n) is 15.9. The second-order valence-corrected chi connectivity index (χ2v) is 12.6. The first kappa shape index (κ1) is 30.6. The number of ether oxygens (including phenoxy) is 1. The number of pyridine rings is 1. The Morgan fingerprint density at radius 2 is 1.93 bits per heavy atom. The fourth-order valence-electron chi connectivity index (χ4n) is 7.45. The number of hydrogen-bond donors (Lipinski definition) is 4. The molecule has 5 aliphatic heterocycles. The standard InChI is InChI=1S/C34H36F3N5O4/c35-24-6-7-25(36)29(37)27(24)21-14-26-34(45)42(17-21)8-2-1-3-9-46-10-4-5-18-11-22-28-23(33(44)41-31(22)39-15-18)13-19-12-20(32(43)40-26)16-38-30(19)28/h4-7,11-12,15,21,23,26,28,32,38,40,43H,1-3,8-10,13-14,16-17H2,(H,39,41,44)/t21-,23+,26+,28?,32?/m1/s1. The van der Waals surface area contributed by atoms with E-state index in [1.54, 1.807) is 11.1 Å². The molecule has 4 N–H and O–H groups in total. The Morgan fingerprint density at radius 1 is 1.09 bits per heavy atom. The number of carbonyl (C=O) groups excluding carboxylic acids is 2. The molecule has 0 radical (unpaired) electrons. The maximum atomic E-state index is 14.9. The van der Waals surface area contributed by atoms with Crippen molar-refractivity contribution in [3.63, 3.8) is 0 Å². The molecule has 6 aliphatic rings. The SMILES string of the molecule is O=C1Nc2ncc3cc2C2C4=C(C=C(CN4)C(O)N[C@H]4C[C@@H](c5c(F)ccc(F)c5F)CN(CCCCCOCC=C3)C4=O)C[C@H]12. The maximum Gasteiger partial charge on any atom is 0.239 e. The van der Waals surface area contributed by atoms with Gasteiger partial charge in [0.2, 0.25) is 11.8 Å². The number of aromatic nitrogens is 1. The first-order valence-corrected chi connectivity index (χ1v) is 15.9. The predicted octanol–water partition coefficient (Wildman–Crippen LogP) is 3.84. The van der Waals surface area contributed by atoms with Crippen molar-refractivity contribution in [1.29, 1.82) is 0 Å². The molecule has 242 valence electrons. The van der Waals surface area contributed by atoms with Crippen molar-refractivity contribution in [2.24, 2.45) is 5.92 Å². The van der Waals surface area contributed by atoms with Crippen LogP contribution in [0, 0.1) is 23.4 Å². The van der Waals surface area contributed by atoms with Crippen LogP contribution in [0.1, 0.15) is 60.6 Å². The van der Waals surface area contributed by atoms with Crippen LogP contribution in [-0.4, -0.2) is 71.9 Å². The zero-order valence-corrected chi connectivity index (χ0v) is 25.2. The molecule has 2 aromatic rings. The number of halogens is 3. The van der Waals surface area contributed by atoms with Gasteiger partial charge in [-0.25, -0.2) is 18.2 Å². The minimum absolute atomic E-state index is 0.0177. The number of allylic oxidation sites excluding steroid dienone is 3. The third-order valence-corrected chi connectivity index (χ3v) is 9.70. The lowest BCUT2D eigenvalue weighted by atomic mass is 9.83. The van der Waals surface area contributed by atoms with Crippen molar-refractivity contribution in [3.8, 4) is 0 Å². The van der Waals surface area contributed by atoms with Gasteiger partial charge in [-0.1, -0.05) is 18.2 Å². The van der Waals surface area contributed by atoms with Gasteiger partial charge >= 0.3 is 0 Å². The predicted molar refractivity (Wildman–Crippen MR) is 164 cm³/mol. The average molecular weight is 636 g/mol. The summed E-state index contributed by atoms with van der Waals surface area (Å²) in [6.45, 7) is 1.58. The zero-order valence-electron chi connectivity index (χ0n) is 25.2. The number of amides is 2. The quantitative estimate of drug-likeness (QED) is 0.352. The van der Waals surface area contributed by atoms with Crippen LogP contribution in [0.4, 0.5) is 19.0 Å². The Bertz CT molecular complexity index is 1660. The van der Waals surface area contributed by atoms with Crippen LogP contribution in [0.5, 0.6) is 0 Å². The van der Waals surface area contributed by atoms with E-state index in [1.807, 2.05) is 24.3 Å². The molecule has 12 heteroatoms. The van der Waals surface area contributed by atoms with Crippen molar-refractivity contribution >= 4 is 23.7 Å². The molecule has 2 unspecified atom stereocenters. The van der Waals surface area contributed by atoms with Crippen LogP contribution >= 0.6 is 0 Å². The summed E-state index contributed by atoms with van der Waals surface area (Å²) in [6.07, 6.45) is 8.81. The van der Waals surface area contributed by atoms with E-state index >= 15 is 0 Å². The minimum atomic E-state index is -1.26. The van der Waals surface area contributed by atoms with Gasteiger partial charge in [-0.05, 0) is 67.0 Å². The topological polar surface area (TPSA) is 116 Å². The molecule has 1 aromatic heterocycles. The van der Waals surface area contributed by atoms with Crippen LogP contribution < -0.4 is 16.0 Å². The summed E-state index contributed by atoms with van der Waals surface area (Å²) < 4.78 is 49.8. The fraction of sp³-hybridized carbons (Fsp3) is 0.441. The number of hydrogen-bond acceptors (Lipinski definition) is 7. The molecule has 0 spiro atoms. The van der Waals surface area contributed by atoms with Crippen LogP contribution in [0.2, 0.25) is 0 Å². The summed E-state index contributed by atoms with van der Waals surface area (Å²) >= 11 is 0. The summed E-state index contributed by atoms with van der Waals surface area (Å²) in [5.74, 6) is -4.54. The van der Waals surface area contributed by atoms with Crippen molar-refractivity contribution < 1.29 is 32.6 Å². The monoisotopic (exact) mass is 635 g/mol. The number of rotatable bonds is 1. The van der Waals surface area contributed by atoms with E-state index in [1.165, 1.54) is 0 Å². The molecule has 1 aliphatic carbocycles. The number of piperidine rings is 1. The van der Waals surface area contributed by atoms with Gasteiger partial charge in [0.25, 0.3) is 0 Å². The Kier molecular flexibility index (Phi) is 8.43. The molecule has 0 saturated carbocycles. The Labute approximate surface area is 264 Å².